The molecule has 0 bridgehead atoms. The molecular weight excluding hydrogens is 321 g/mol. The van der Waals surface area contributed by atoms with Crippen LogP contribution < -0.4 is 5.48 Å². The van der Waals surface area contributed by atoms with E-state index in [1.807, 2.05) is 6.08 Å². The second kappa shape index (κ2) is 5.97. The molecule has 0 aromatic carbocycles. The normalized spacial score (nSPS) is 19.9. The SMILES string of the molecule is CC(C)C(=O)ONC1=C(N=N)CC(I)C=C1. The molecule has 1 aliphatic rings. The van der Waals surface area contributed by atoms with Crippen molar-refractivity contribution in [2.24, 2.45) is 11.0 Å². The molecule has 6 heteroatoms. The van der Waals surface area contributed by atoms with E-state index in [4.69, 9.17) is 10.4 Å². The number of hydrogen-bond donors (Lipinski definition) is 2. The third-order valence-electron chi connectivity index (χ3n) is 2.04. The van der Waals surface area contributed by atoms with Crippen molar-refractivity contribution in [3.8, 4) is 0 Å². The molecule has 1 rings (SSSR count). The summed E-state index contributed by atoms with van der Waals surface area (Å²) in [7, 11) is 0. The van der Waals surface area contributed by atoms with Gasteiger partial charge in [-0.25, -0.2) is 15.8 Å². The summed E-state index contributed by atoms with van der Waals surface area (Å²) in [6.07, 6.45) is 4.42. The number of halogens is 1. The van der Waals surface area contributed by atoms with E-state index in [0.717, 1.165) is 0 Å². The Hall–Kier alpha value is -0.920. The molecule has 0 aromatic heterocycles. The first kappa shape index (κ1) is 13.1. The standard InChI is InChI=1S/C10H14IN3O2/c1-6(2)10(15)16-14-8-4-3-7(11)5-9(8)13-12/h3-4,6-7,12,14H,5H2,1-2H3. The zero-order chi connectivity index (χ0) is 12.1. The second-order valence-electron chi connectivity index (χ2n) is 3.73. The van der Waals surface area contributed by atoms with Gasteiger partial charge in [0.2, 0.25) is 0 Å². The summed E-state index contributed by atoms with van der Waals surface area (Å²) in [5.41, 5.74) is 10.8. The number of nitrogens with zero attached hydrogens (tertiary/aromatic N) is 1. The first-order chi connectivity index (χ1) is 7.54. The summed E-state index contributed by atoms with van der Waals surface area (Å²) >= 11 is 2.26. The minimum Gasteiger partial charge on any atom is -0.343 e. The molecule has 0 aliphatic heterocycles. The topological polar surface area (TPSA) is 74.5 Å². The molecule has 2 N–H and O–H groups in total. The summed E-state index contributed by atoms with van der Waals surface area (Å²) in [5, 5.41) is 3.42. The zero-order valence-corrected chi connectivity index (χ0v) is 11.3. The number of hydrogen-bond acceptors (Lipinski definition) is 5. The summed E-state index contributed by atoms with van der Waals surface area (Å²) in [5.74, 6) is -0.517. The van der Waals surface area contributed by atoms with E-state index < -0.39 is 0 Å². The van der Waals surface area contributed by atoms with Crippen molar-refractivity contribution in [2.45, 2.75) is 24.2 Å². The monoisotopic (exact) mass is 335 g/mol. The van der Waals surface area contributed by atoms with Gasteiger partial charge in [-0.1, -0.05) is 42.5 Å². The van der Waals surface area contributed by atoms with Crippen LogP contribution in [0.2, 0.25) is 0 Å². The van der Waals surface area contributed by atoms with E-state index in [0.29, 0.717) is 21.7 Å². The number of rotatable bonds is 4. The number of allylic oxidation sites excluding steroid dienone is 3. The minimum absolute atomic E-state index is 0.186. The van der Waals surface area contributed by atoms with Crippen molar-refractivity contribution in [3.63, 3.8) is 0 Å². The number of nitrogens with one attached hydrogen (secondary N) is 2. The number of hydroxylamine groups is 1. The third kappa shape index (κ3) is 3.58. The summed E-state index contributed by atoms with van der Waals surface area (Å²) in [4.78, 5) is 16.1. The maximum absolute atomic E-state index is 11.2. The molecule has 1 atom stereocenters. The summed E-state index contributed by atoms with van der Waals surface area (Å²) in [6.45, 7) is 3.51. The van der Waals surface area contributed by atoms with Gasteiger partial charge in [0, 0.05) is 10.3 Å². The summed E-state index contributed by atoms with van der Waals surface area (Å²) in [6, 6.07) is 0. The maximum atomic E-state index is 11.2. The first-order valence-electron chi connectivity index (χ1n) is 4.94. The molecule has 0 heterocycles. The number of carbonyl (C=O) groups excluding carboxylic acids is 1. The van der Waals surface area contributed by atoms with Crippen LogP contribution in [0.5, 0.6) is 0 Å². The molecule has 0 saturated carbocycles. The molecule has 5 nitrogen and oxygen atoms in total. The zero-order valence-electron chi connectivity index (χ0n) is 9.16. The second-order valence-corrected chi connectivity index (χ2v) is 5.33. The van der Waals surface area contributed by atoms with Crippen molar-refractivity contribution in [1.29, 1.82) is 5.53 Å². The fraction of sp³-hybridized carbons (Fsp3) is 0.500. The highest BCUT2D eigenvalue weighted by Gasteiger charge is 2.16. The molecule has 0 saturated heterocycles. The van der Waals surface area contributed by atoms with Gasteiger partial charge >= 0.3 is 5.97 Å². The van der Waals surface area contributed by atoms with Crippen LogP contribution in [0.15, 0.2) is 28.7 Å². The van der Waals surface area contributed by atoms with Crippen LogP contribution in [0.1, 0.15) is 20.3 Å². The smallest absolute Gasteiger partial charge is 0.334 e. The molecule has 1 aliphatic carbocycles. The van der Waals surface area contributed by atoms with Crippen LogP contribution in [0.25, 0.3) is 0 Å². The molecule has 0 aromatic rings. The minimum atomic E-state index is -0.332. The first-order valence-corrected chi connectivity index (χ1v) is 6.18. The van der Waals surface area contributed by atoms with Crippen molar-refractivity contribution in [2.75, 3.05) is 0 Å². The van der Waals surface area contributed by atoms with Crippen LogP contribution >= 0.6 is 22.6 Å². The Balaban J connectivity index is 2.62. The van der Waals surface area contributed by atoms with Crippen LogP contribution in [-0.4, -0.2) is 9.89 Å². The molecule has 0 amide bonds. The predicted octanol–water partition coefficient (Wildman–Crippen LogP) is 2.70. The van der Waals surface area contributed by atoms with Gasteiger partial charge in [-0.15, -0.1) is 0 Å². The number of carbonyl (C=O) groups is 1. The molecular formula is C10H14IN3O2. The van der Waals surface area contributed by atoms with Crippen molar-refractivity contribution >= 4 is 28.6 Å². The van der Waals surface area contributed by atoms with E-state index in [9.17, 15) is 4.79 Å². The van der Waals surface area contributed by atoms with E-state index in [2.05, 4.69) is 33.2 Å². The van der Waals surface area contributed by atoms with E-state index in [1.54, 1.807) is 19.9 Å². The van der Waals surface area contributed by atoms with Crippen LogP contribution in [0, 0.1) is 11.4 Å². The van der Waals surface area contributed by atoms with Crippen LogP contribution in [0.3, 0.4) is 0 Å². The highest BCUT2D eigenvalue weighted by molar-refractivity contribution is 14.1. The van der Waals surface area contributed by atoms with Gasteiger partial charge in [-0.2, -0.15) is 5.11 Å². The largest absolute Gasteiger partial charge is 0.343 e. The Morgan fingerprint density at radius 3 is 3.00 bits per heavy atom. The lowest BCUT2D eigenvalue weighted by Gasteiger charge is -2.16. The van der Waals surface area contributed by atoms with Gasteiger partial charge in [0.15, 0.2) is 0 Å². The fourth-order valence-electron chi connectivity index (χ4n) is 1.08. The van der Waals surface area contributed by atoms with E-state index in [-0.39, 0.29) is 11.9 Å². The molecule has 1 unspecified atom stereocenters. The quantitative estimate of drug-likeness (QED) is 0.359. The fourth-order valence-corrected chi connectivity index (χ4v) is 1.71. The van der Waals surface area contributed by atoms with Gasteiger partial charge in [0.25, 0.3) is 0 Å². The highest BCUT2D eigenvalue weighted by Crippen LogP contribution is 2.23. The van der Waals surface area contributed by atoms with E-state index in [1.165, 1.54) is 0 Å². The van der Waals surface area contributed by atoms with Crippen molar-refractivity contribution < 1.29 is 9.63 Å². The molecule has 0 radical (unpaired) electrons. The lowest BCUT2D eigenvalue weighted by molar-refractivity contribution is -0.153. The van der Waals surface area contributed by atoms with Crippen molar-refractivity contribution in [3.05, 3.63) is 23.5 Å². The molecule has 0 spiro atoms. The third-order valence-corrected chi connectivity index (χ3v) is 2.89. The Labute approximate surface area is 108 Å². The average molecular weight is 335 g/mol. The van der Waals surface area contributed by atoms with Gasteiger partial charge in [-0.3, -0.25) is 0 Å². The lowest BCUT2D eigenvalue weighted by Crippen LogP contribution is -2.24. The Bertz CT molecular complexity index is 350. The molecule has 16 heavy (non-hydrogen) atoms. The van der Waals surface area contributed by atoms with Crippen molar-refractivity contribution in [1.82, 2.24) is 5.48 Å². The van der Waals surface area contributed by atoms with Gasteiger partial charge in [-0.05, 0) is 6.08 Å². The van der Waals surface area contributed by atoms with Gasteiger partial charge in [0.05, 0.1) is 17.3 Å². The van der Waals surface area contributed by atoms with Gasteiger partial charge < -0.3 is 4.84 Å². The summed E-state index contributed by atoms with van der Waals surface area (Å²) < 4.78 is 0.327. The maximum Gasteiger partial charge on any atom is 0.334 e. The Kier molecular flexibility index (Phi) is 4.91. The van der Waals surface area contributed by atoms with Crippen LogP contribution in [0.4, 0.5) is 0 Å². The molecule has 88 valence electrons. The Morgan fingerprint density at radius 1 is 1.75 bits per heavy atom. The van der Waals surface area contributed by atoms with Crippen LogP contribution in [-0.2, 0) is 9.63 Å². The lowest BCUT2D eigenvalue weighted by atomic mass is 10.1. The average Bonchev–Trinajstić information content (AvgIpc) is 2.26. The number of alkyl halides is 1. The predicted molar refractivity (Wildman–Crippen MR) is 67.8 cm³/mol. The van der Waals surface area contributed by atoms with Gasteiger partial charge in [0.1, 0.15) is 0 Å². The Morgan fingerprint density at radius 2 is 2.44 bits per heavy atom. The van der Waals surface area contributed by atoms with E-state index >= 15 is 0 Å². The highest BCUT2D eigenvalue weighted by atomic mass is 127. The molecule has 0 fully saturated rings.